The molecule has 1 heterocycles. The van der Waals surface area contributed by atoms with Crippen LogP contribution in [0.5, 0.6) is 5.75 Å². The number of aliphatic carboxylic acids is 1. The van der Waals surface area contributed by atoms with Gasteiger partial charge < -0.3 is 20.1 Å². The second-order valence-electron chi connectivity index (χ2n) is 18.0. The number of fused-ring (bicyclic) bond motifs is 2. The first-order valence-electron chi connectivity index (χ1n) is 19.7. The summed E-state index contributed by atoms with van der Waals surface area (Å²) in [6.07, 6.45) is -1.51. The van der Waals surface area contributed by atoms with Crippen LogP contribution in [0.4, 0.5) is 13.2 Å². The number of alkyl halides is 3. The van der Waals surface area contributed by atoms with E-state index in [0.717, 1.165) is 48.4 Å². The number of likely N-dealkylation sites (N-methyl/N-ethyl adjacent to an activating group) is 1. The Hall–Kier alpha value is -3.20. The molecule has 3 aliphatic carbocycles. The van der Waals surface area contributed by atoms with Crippen LogP contribution in [0, 0.1) is 28.6 Å². The van der Waals surface area contributed by atoms with Crippen molar-refractivity contribution in [2.45, 2.75) is 118 Å². The highest BCUT2D eigenvalue weighted by Gasteiger charge is 2.57. The van der Waals surface area contributed by atoms with Crippen LogP contribution >= 0.6 is 0 Å². The van der Waals surface area contributed by atoms with E-state index in [1.54, 1.807) is 0 Å². The summed E-state index contributed by atoms with van der Waals surface area (Å²) in [7, 11) is 0.712. The summed E-state index contributed by atoms with van der Waals surface area (Å²) in [5, 5.41) is 10.4. The number of carboxylic acids is 1. The standard InChI is InChI=1S/C40H62N4O4S.C2HF3O2/c1-10-48-37-17-12-11-16-31(37)26-43(33(27-42(8)9)23-39(3,4)5)24-29-14-13-15-30(20-29)25-44-36(18-19-49(44,46)47)38(45)41-35-22-32-21-34(28(35)2)40(32,6)7;3-2(4,5)1(6)7/h11-17,20,28,32-36H,10,18-19,21-27H2,1-9H3,(H,41,45);(H,6,7)/t28-,32+,33-,34-,35-,36?;/m0./s1. The lowest BCUT2D eigenvalue weighted by atomic mass is 9.45. The zero-order chi connectivity index (χ0) is 41.8. The van der Waals surface area contributed by atoms with Crippen molar-refractivity contribution < 1.29 is 41.0 Å². The van der Waals surface area contributed by atoms with Crippen molar-refractivity contribution in [3.8, 4) is 5.75 Å². The SMILES string of the molecule is CCOc1ccccc1CN(Cc1cccc(CN2C(C(=O)N[C@H]3C[C@H]4C[C@@H]([C@@H]3C)C4(C)C)CCS2(=O)=O)c1)[C@H](CN(C)C)CC(C)(C)C.O=C(O)C(F)(F)F. The molecule has 56 heavy (non-hydrogen) atoms. The highest BCUT2D eigenvalue weighted by Crippen LogP contribution is 2.61. The maximum atomic E-state index is 13.7. The number of para-hydroxylation sites is 1. The summed E-state index contributed by atoms with van der Waals surface area (Å²) < 4.78 is 66.0. The molecule has 0 spiro atoms. The predicted octanol–water partition coefficient (Wildman–Crippen LogP) is 7.18. The van der Waals surface area contributed by atoms with Gasteiger partial charge in [-0.05, 0) is 92.5 Å². The third-order valence-corrected chi connectivity index (χ3v) is 13.7. The van der Waals surface area contributed by atoms with Gasteiger partial charge in [0.1, 0.15) is 11.8 Å². The number of halogens is 3. The molecule has 3 saturated carbocycles. The molecule has 2 aromatic rings. The number of carboxylic acid groups (broad SMARTS) is 1. The van der Waals surface area contributed by atoms with Gasteiger partial charge in [0.05, 0.1) is 12.4 Å². The number of hydrogen-bond donors (Lipinski definition) is 2. The van der Waals surface area contributed by atoms with Gasteiger partial charge >= 0.3 is 12.1 Å². The summed E-state index contributed by atoms with van der Waals surface area (Å²) in [5.74, 6) is -0.350. The minimum absolute atomic E-state index is 0.00924. The van der Waals surface area contributed by atoms with Crippen molar-refractivity contribution in [1.82, 2.24) is 19.4 Å². The van der Waals surface area contributed by atoms with Crippen molar-refractivity contribution in [3.05, 3.63) is 65.2 Å². The van der Waals surface area contributed by atoms with E-state index in [-0.39, 0.29) is 35.7 Å². The van der Waals surface area contributed by atoms with Gasteiger partial charge in [0.25, 0.3) is 0 Å². The molecule has 2 bridgehead atoms. The van der Waals surface area contributed by atoms with E-state index in [9.17, 15) is 26.4 Å². The second-order valence-corrected chi connectivity index (χ2v) is 20.0. The van der Waals surface area contributed by atoms with Crippen LogP contribution in [0.3, 0.4) is 0 Å². The average Bonchev–Trinajstić information content (AvgIpc) is 3.38. The Kier molecular flexibility index (Phi) is 14.8. The molecule has 0 aromatic heterocycles. The minimum atomic E-state index is -5.08. The summed E-state index contributed by atoms with van der Waals surface area (Å²) in [4.78, 5) is 27.4. The number of rotatable bonds is 14. The van der Waals surface area contributed by atoms with Crippen molar-refractivity contribution in [1.29, 1.82) is 0 Å². The number of amides is 1. The molecule has 4 fully saturated rings. The van der Waals surface area contributed by atoms with Gasteiger partial charge in [-0.25, -0.2) is 13.2 Å². The fourth-order valence-electron chi connectivity index (χ4n) is 8.95. The molecule has 14 heteroatoms. The molecule has 10 nitrogen and oxygen atoms in total. The van der Waals surface area contributed by atoms with Crippen LogP contribution in [-0.4, -0.2) is 96.8 Å². The smallest absolute Gasteiger partial charge is 0.490 e. The van der Waals surface area contributed by atoms with Crippen LogP contribution < -0.4 is 10.1 Å². The topological polar surface area (TPSA) is 119 Å². The molecule has 0 radical (unpaired) electrons. The molecule has 1 saturated heterocycles. The first kappa shape index (κ1) is 45.5. The van der Waals surface area contributed by atoms with Gasteiger partial charge in [0, 0.05) is 43.8 Å². The Morgan fingerprint density at radius 1 is 1.04 bits per heavy atom. The molecule has 6 rings (SSSR count). The van der Waals surface area contributed by atoms with E-state index in [4.69, 9.17) is 14.6 Å². The van der Waals surface area contributed by atoms with Gasteiger partial charge in [-0.2, -0.15) is 17.5 Å². The zero-order valence-electron chi connectivity index (χ0n) is 34.5. The largest absolute Gasteiger partial charge is 0.494 e. The van der Waals surface area contributed by atoms with Crippen molar-refractivity contribution in [2.75, 3.05) is 33.0 Å². The second kappa shape index (κ2) is 18.2. The number of ether oxygens (including phenoxy) is 1. The number of sulfonamides is 1. The Morgan fingerprint density at radius 3 is 2.25 bits per heavy atom. The van der Waals surface area contributed by atoms with Gasteiger partial charge in [-0.3, -0.25) is 9.69 Å². The van der Waals surface area contributed by atoms with E-state index in [1.165, 1.54) is 10.7 Å². The number of carbonyl (C=O) groups is 2. The number of benzene rings is 2. The quantitative estimate of drug-likeness (QED) is 0.206. The lowest BCUT2D eigenvalue weighted by Gasteiger charge is -2.62. The number of hydrogen-bond acceptors (Lipinski definition) is 7. The average molecular weight is 809 g/mol. The first-order valence-corrected chi connectivity index (χ1v) is 21.3. The lowest BCUT2D eigenvalue weighted by molar-refractivity contribution is -0.192. The summed E-state index contributed by atoms with van der Waals surface area (Å²) in [6, 6.07) is 16.3. The molecule has 1 amide bonds. The summed E-state index contributed by atoms with van der Waals surface area (Å²) in [6.45, 7) is 19.0. The molecule has 2 N–H and O–H groups in total. The Morgan fingerprint density at radius 2 is 1.68 bits per heavy atom. The fraction of sp³-hybridized carbons (Fsp3) is 0.667. The summed E-state index contributed by atoms with van der Waals surface area (Å²) in [5.41, 5.74) is 3.65. The molecule has 1 aliphatic heterocycles. The molecular formula is C42H63F3N4O6S. The zero-order valence-corrected chi connectivity index (χ0v) is 35.3. The van der Waals surface area contributed by atoms with Crippen LogP contribution in [0.1, 0.15) is 90.8 Å². The van der Waals surface area contributed by atoms with Crippen molar-refractivity contribution in [3.63, 3.8) is 0 Å². The van der Waals surface area contributed by atoms with Gasteiger partial charge in [0.15, 0.2) is 0 Å². The van der Waals surface area contributed by atoms with E-state index in [2.05, 4.69) is 95.0 Å². The third kappa shape index (κ3) is 11.7. The Labute approximate surface area is 332 Å². The lowest BCUT2D eigenvalue weighted by Crippen LogP contribution is -2.61. The molecule has 6 atom stereocenters. The Balaban J connectivity index is 0.000000908. The van der Waals surface area contributed by atoms with Gasteiger partial charge in [-0.15, -0.1) is 0 Å². The minimum Gasteiger partial charge on any atom is -0.494 e. The highest BCUT2D eigenvalue weighted by atomic mass is 32.2. The van der Waals surface area contributed by atoms with Crippen LogP contribution in [-0.2, 0) is 39.2 Å². The number of carbonyl (C=O) groups excluding carboxylic acids is 1. The summed E-state index contributed by atoms with van der Waals surface area (Å²) >= 11 is 0. The molecule has 4 aliphatic rings. The molecule has 2 aromatic carbocycles. The van der Waals surface area contributed by atoms with Crippen molar-refractivity contribution in [2.24, 2.45) is 28.6 Å². The monoisotopic (exact) mass is 808 g/mol. The normalized spacial score (nSPS) is 24.9. The van der Waals surface area contributed by atoms with E-state index < -0.39 is 28.2 Å². The van der Waals surface area contributed by atoms with Gasteiger partial charge in [-0.1, -0.05) is 84.0 Å². The predicted molar refractivity (Wildman–Crippen MR) is 212 cm³/mol. The first-order chi connectivity index (χ1) is 25.9. The van der Waals surface area contributed by atoms with E-state index in [1.807, 2.05) is 31.2 Å². The number of nitrogens with zero attached hydrogens (tertiary/aromatic N) is 3. The van der Waals surface area contributed by atoms with Crippen LogP contribution in [0.15, 0.2) is 48.5 Å². The van der Waals surface area contributed by atoms with E-state index >= 15 is 0 Å². The molecule has 314 valence electrons. The maximum Gasteiger partial charge on any atom is 0.490 e. The highest BCUT2D eigenvalue weighted by molar-refractivity contribution is 7.89. The molecule has 1 unspecified atom stereocenters. The van der Waals surface area contributed by atoms with Gasteiger partial charge in [0.2, 0.25) is 15.9 Å². The fourth-order valence-corrected chi connectivity index (χ4v) is 10.6. The van der Waals surface area contributed by atoms with E-state index in [0.29, 0.717) is 42.7 Å². The third-order valence-electron chi connectivity index (χ3n) is 11.9. The molecular weight excluding hydrogens is 746 g/mol. The maximum absolute atomic E-state index is 13.7. The van der Waals surface area contributed by atoms with Crippen LogP contribution in [0.2, 0.25) is 0 Å². The van der Waals surface area contributed by atoms with Crippen LogP contribution in [0.25, 0.3) is 0 Å². The van der Waals surface area contributed by atoms with Crippen molar-refractivity contribution >= 4 is 21.9 Å². The Bertz CT molecular complexity index is 1760. The number of nitrogens with one attached hydrogen (secondary N) is 1.